The van der Waals surface area contributed by atoms with Crippen LogP contribution in [0.1, 0.15) is 17.5 Å². The molecule has 0 aromatic heterocycles. The van der Waals surface area contributed by atoms with Crippen LogP contribution in [0, 0.1) is 0 Å². The predicted molar refractivity (Wildman–Crippen MR) is 95.3 cm³/mol. The number of halogens is 8. The minimum absolute atomic E-state index is 0.0595. The van der Waals surface area contributed by atoms with Crippen LogP contribution in [0.4, 0.5) is 26.3 Å². The summed E-state index contributed by atoms with van der Waals surface area (Å²) in [6.45, 7) is 0. The van der Waals surface area contributed by atoms with Crippen LogP contribution >= 0.6 is 23.2 Å². The maximum Gasteiger partial charge on any atom is 0.475 e. The minimum atomic E-state index is -5.01. The van der Waals surface area contributed by atoms with Crippen LogP contribution < -0.4 is 0 Å². The second-order valence-electron chi connectivity index (χ2n) is 6.03. The Hall–Kier alpha value is -1.78. The molecular formula is C17H9Cl2F6NO2S. The van der Waals surface area contributed by atoms with Crippen LogP contribution in [0.25, 0.3) is 0 Å². The molecule has 0 radical (unpaired) electrons. The van der Waals surface area contributed by atoms with Gasteiger partial charge in [-0.25, -0.2) is 4.21 Å². The molecule has 1 aliphatic heterocycles. The third-order valence-corrected chi connectivity index (χ3v) is 5.65. The SMILES string of the molecule is O=S(c1cccc(C2=NOC(c3cc(Cl)cc(Cl)c3)(C(F)(F)F)C2)c1)C(F)(F)F. The van der Waals surface area contributed by atoms with Gasteiger partial charge < -0.3 is 4.84 Å². The normalized spacial score (nSPS) is 20.9. The van der Waals surface area contributed by atoms with Gasteiger partial charge in [0.15, 0.2) is 10.8 Å². The molecule has 1 aliphatic rings. The summed E-state index contributed by atoms with van der Waals surface area (Å²) in [4.78, 5) is 4.17. The highest BCUT2D eigenvalue weighted by molar-refractivity contribution is 7.86. The van der Waals surface area contributed by atoms with Gasteiger partial charge in [0.1, 0.15) is 0 Å². The molecule has 2 atom stereocenters. The van der Waals surface area contributed by atoms with Crippen molar-refractivity contribution in [1.29, 1.82) is 0 Å². The van der Waals surface area contributed by atoms with E-state index in [1.165, 1.54) is 12.1 Å². The first-order valence-corrected chi connectivity index (χ1v) is 9.61. The Morgan fingerprint density at radius 3 is 2.17 bits per heavy atom. The van der Waals surface area contributed by atoms with E-state index in [1.54, 1.807) is 0 Å². The Balaban J connectivity index is 2.01. The Morgan fingerprint density at radius 2 is 1.62 bits per heavy atom. The van der Waals surface area contributed by atoms with Crippen LogP contribution in [-0.2, 0) is 21.2 Å². The van der Waals surface area contributed by atoms with Crippen molar-refractivity contribution < 1.29 is 35.4 Å². The molecule has 0 fully saturated rings. The van der Waals surface area contributed by atoms with Gasteiger partial charge in [0.05, 0.1) is 5.71 Å². The van der Waals surface area contributed by atoms with Gasteiger partial charge in [-0.3, -0.25) is 0 Å². The summed E-state index contributed by atoms with van der Waals surface area (Å²) in [6.07, 6.45) is -5.78. The summed E-state index contributed by atoms with van der Waals surface area (Å²) in [6, 6.07) is 7.49. The lowest BCUT2D eigenvalue weighted by molar-refractivity contribution is -0.275. The number of oxime groups is 1. The fraction of sp³-hybridized carbons (Fsp3) is 0.235. The van der Waals surface area contributed by atoms with Gasteiger partial charge in [-0.15, -0.1) is 0 Å². The maximum atomic E-state index is 13.9. The summed E-state index contributed by atoms with van der Waals surface area (Å²) in [5, 5.41) is 3.34. The predicted octanol–water partition coefficient (Wildman–Crippen LogP) is 6.20. The van der Waals surface area contributed by atoms with Crippen molar-refractivity contribution >= 4 is 39.7 Å². The third kappa shape index (κ3) is 4.24. The average Bonchev–Trinajstić information content (AvgIpc) is 3.06. The van der Waals surface area contributed by atoms with Crippen LogP contribution in [0.3, 0.4) is 0 Å². The first kappa shape index (κ1) is 21.9. The van der Waals surface area contributed by atoms with Gasteiger partial charge in [-0.05, 0) is 30.3 Å². The zero-order chi connectivity index (χ0) is 21.6. The molecule has 3 nitrogen and oxygen atoms in total. The van der Waals surface area contributed by atoms with E-state index in [0.717, 1.165) is 30.3 Å². The molecule has 0 amide bonds. The molecule has 1 heterocycles. The second-order valence-corrected chi connectivity index (χ2v) is 8.38. The highest BCUT2D eigenvalue weighted by Crippen LogP contribution is 2.49. The molecule has 0 saturated carbocycles. The highest BCUT2D eigenvalue weighted by atomic mass is 35.5. The van der Waals surface area contributed by atoms with Crippen molar-refractivity contribution in [2.75, 3.05) is 0 Å². The number of alkyl halides is 6. The summed E-state index contributed by atoms with van der Waals surface area (Å²) in [7, 11) is -3.34. The quantitative estimate of drug-likeness (QED) is 0.495. The van der Waals surface area contributed by atoms with Gasteiger partial charge in [0, 0.05) is 32.5 Å². The van der Waals surface area contributed by atoms with Crippen LogP contribution in [-0.4, -0.2) is 21.6 Å². The highest BCUT2D eigenvalue weighted by Gasteiger charge is 2.62. The van der Waals surface area contributed by atoms with Crippen LogP contribution in [0.5, 0.6) is 0 Å². The Morgan fingerprint density at radius 1 is 1.00 bits per heavy atom. The topological polar surface area (TPSA) is 38.7 Å². The van der Waals surface area contributed by atoms with Crippen molar-refractivity contribution in [2.45, 2.75) is 28.6 Å². The molecule has 3 rings (SSSR count). The monoisotopic (exact) mass is 475 g/mol. The zero-order valence-corrected chi connectivity index (χ0v) is 16.3. The average molecular weight is 476 g/mol. The molecule has 0 N–H and O–H groups in total. The fourth-order valence-electron chi connectivity index (χ4n) is 2.77. The lowest BCUT2D eigenvalue weighted by atomic mass is 9.86. The molecule has 2 aromatic rings. The maximum absolute atomic E-state index is 13.9. The number of nitrogens with zero attached hydrogens (tertiary/aromatic N) is 1. The molecule has 12 heteroatoms. The Kier molecular flexibility index (Phi) is 5.65. The summed E-state index contributed by atoms with van der Waals surface area (Å²) in [5.41, 5.74) is -8.69. The molecule has 0 bridgehead atoms. The lowest BCUT2D eigenvalue weighted by Crippen LogP contribution is -2.42. The largest absolute Gasteiger partial charge is 0.475 e. The van der Waals surface area contributed by atoms with Gasteiger partial charge in [0.25, 0.3) is 5.60 Å². The summed E-state index contributed by atoms with van der Waals surface area (Å²) in [5.74, 6) is 0. The zero-order valence-electron chi connectivity index (χ0n) is 13.9. The molecule has 0 aliphatic carbocycles. The molecule has 0 spiro atoms. The molecular weight excluding hydrogens is 467 g/mol. The van der Waals surface area contributed by atoms with Crippen LogP contribution in [0.2, 0.25) is 10.0 Å². The molecule has 29 heavy (non-hydrogen) atoms. The number of benzene rings is 2. The fourth-order valence-corrected chi connectivity index (χ4v) is 4.00. The number of rotatable bonds is 3. The summed E-state index contributed by atoms with van der Waals surface area (Å²) < 4.78 is 91.4. The molecule has 2 unspecified atom stereocenters. The van der Waals surface area contributed by atoms with Crippen molar-refractivity contribution in [3.63, 3.8) is 0 Å². The first-order chi connectivity index (χ1) is 13.3. The van der Waals surface area contributed by atoms with E-state index in [9.17, 15) is 30.6 Å². The van der Waals surface area contributed by atoms with E-state index in [4.69, 9.17) is 28.0 Å². The lowest BCUT2D eigenvalue weighted by Gasteiger charge is -2.29. The van der Waals surface area contributed by atoms with Gasteiger partial charge in [-0.2, -0.15) is 26.3 Å². The first-order valence-electron chi connectivity index (χ1n) is 7.71. The van der Waals surface area contributed by atoms with Gasteiger partial charge >= 0.3 is 11.7 Å². The van der Waals surface area contributed by atoms with E-state index in [1.807, 2.05) is 0 Å². The van der Waals surface area contributed by atoms with E-state index in [-0.39, 0.29) is 21.3 Å². The third-order valence-electron chi connectivity index (χ3n) is 4.11. The van der Waals surface area contributed by atoms with E-state index in [0.29, 0.717) is 0 Å². The Labute approximate surface area is 172 Å². The second kappa shape index (κ2) is 7.48. The van der Waals surface area contributed by atoms with Crippen LogP contribution in [0.15, 0.2) is 52.5 Å². The molecule has 2 aromatic carbocycles. The minimum Gasteiger partial charge on any atom is -0.374 e. The molecule has 0 saturated heterocycles. The number of hydrogen-bond acceptors (Lipinski definition) is 3. The van der Waals surface area contributed by atoms with E-state index < -0.39 is 45.0 Å². The molecule has 156 valence electrons. The Bertz CT molecular complexity index is 988. The van der Waals surface area contributed by atoms with E-state index in [2.05, 4.69) is 5.16 Å². The van der Waals surface area contributed by atoms with E-state index >= 15 is 0 Å². The van der Waals surface area contributed by atoms with Crippen molar-refractivity contribution in [3.05, 3.63) is 63.6 Å². The van der Waals surface area contributed by atoms with Gasteiger partial charge in [0.2, 0.25) is 0 Å². The number of hydrogen-bond donors (Lipinski definition) is 0. The van der Waals surface area contributed by atoms with Crippen molar-refractivity contribution in [1.82, 2.24) is 0 Å². The standard InChI is InChI=1S/C17H9Cl2F6NO2S/c18-11-5-10(6-12(19)7-11)15(16(20,21)22)8-14(26-28-15)9-2-1-3-13(4-9)29(27)17(23,24)25/h1-7H,8H2. The van der Waals surface area contributed by atoms with Gasteiger partial charge in [-0.1, -0.05) is 40.5 Å². The smallest absolute Gasteiger partial charge is 0.374 e. The van der Waals surface area contributed by atoms with Crippen molar-refractivity contribution in [2.24, 2.45) is 5.16 Å². The summed E-state index contributed by atoms with van der Waals surface area (Å²) >= 11 is 11.6. The van der Waals surface area contributed by atoms with Crippen molar-refractivity contribution in [3.8, 4) is 0 Å².